The van der Waals surface area contributed by atoms with E-state index in [0.717, 1.165) is 0 Å². The van der Waals surface area contributed by atoms with E-state index in [-0.39, 0.29) is 13.1 Å². The van der Waals surface area contributed by atoms with E-state index in [4.69, 9.17) is 5.11 Å². The molecule has 0 atom stereocenters. The Kier molecular flexibility index (Phi) is 1.72. The molecule has 0 aliphatic carbocycles. The van der Waals surface area contributed by atoms with Crippen LogP contribution in [0.1, 0.15) is 0 Å². The summed E-state index contributed by atoms with van der Waals surface area (Å²) in [6.45, 7) is 2.68. The Morgan fingerprint density at radius 1 is 1.45 bits per heavy atom. The van der Waals surface area contributed by atoms with Gasteiger partial charge in [0.15, 0.2) is 0 Å². The van der Waals surface area contributed by atoms with Gasteiger partial charge in [0, 0.05) is 13.1 Å². The van der Waals surface area contributed by atoms with Crippen molar-refractivity contribution in [3.05, 3.63) is 12.2 Å². The molecule has 2 nitrogen and oxygen atoms in total. The largest absolute Gasteiger partial charge is 0.414 e. The van der Waals surface area contributed by atoms with Gasteiger partial charge < -0.3 is 10.4 Å². The molecule has 1 rings (SSSR count). The number of β-amino-alcohol motifs (C(OH)–C–C–N with tert-alkyl or cyclic N) is 1. The quantitative estimate of drug-likeness (QED) is 0.555. The Hall–Kier alpha value is -0.550. The van der Waals surface area contributed by atoms with Crippen LogP contribution in [-0.2, 0) is 0 Å². The molecule has 0 aromatic rings. The third-order valence-electron chi connectivity index (χ3n) is 1.74. The highest BCUT2D eigenvalue weighted by atomic mass is 19.4. The fourth-order valence-corrected chi connectivity index (χ4v) is 0.839. The monoisotopic (exact) mass is 167 g/mol. The summed E-state index contributed by atoms with van der Waals surface area (Å²) < 4.78 is 35.6. The predicted octanol–water partition coefficient (Wildman–Crippen LogP) is 0.439. The summed E-state index contributed by atoms with van der Waals surface area (Å²) in [4.78, 5) is 0. The molecule has 0 bridgehead atoms. The van der Waals surface area contributed by atoms with E-state index >= 15 is 0 Å². The van der Waals surface area contributed by atoms with Gasteiger partial charge in [-0.25, -0.2) is 0 Å². The minimum Gasteiger partial charge on any atom is -0.382 e. The zero-order chi connectivity index (χ0) is 8.70. The van der Waals surface area contributed by atoms with Gasteiger partial charge in [0.25, 0.3) is 0 Å². The zero-order valence-electron chi connectivity index (χ0n) is 5.70. The van der Waals surface area contributed by atoms with Crippen molar-refractivity contribution < 1.29 is 18.3 Å². The maximum Gasteiger partial charge on any atom is 0.414 e. The van der Waals surface area contributed by atoms with Crippen LogP contribution < -0.4 is 5.32 Å². The van der Waals surface area contributed by atoms with Gasteiger partial charge in [-0.2, -0.15) is 13.2 Å². The second-order valence-electron chi connectivity index (χ2n) is 2.61. The summed E-state index contributed by atoms with van der Waals surface area (Å²) in [5.41, 5.74) is -2.83. The van der Waals surface area contributed by atoms with Crippen LogP contribution in [0.3, 0.4) is 0 Å². The van der Waals surface area contributed by atoms with Crippen LogP contribution in [-0.4, -0.2) is 30.0 Å². The smallest absolute Gasteiger partial charge is 0.382 e. The van der Waals surface area contributed by atoms with Crippen molar-refractivity contribution in [3.63, 3.8) is 0 Å². The van der Waals surface area contributed by atoms with Crippen LogP contribution in [0.2, 0.25) is 0 Å². The Morgan fingerprint density at radius 3 is 2.00 bits per heavy atom. The Morgan fingerprint density at radius 2 is 1.91 bits per heavy atom. The highest BCUT2D eigenvalue weighted by molar-refractivity contribution is 5.23. The standard InChI is InChI=1S/C6H8F3NO/c1-4(6(7,8)9)5(11)2-10-3-5/h10-11H,1-3H2. The van der Waals surface area contributed by atoms with Crippen LogP contribution in [0.15, 0.2) is 12.2 Å². The number of alkyl halides is 3. The summed E-state index contributed by atoms with van der Waals surface area (Å²) >= 11 is 0. The maximum atomic E-state index is 11.9. The normalized spacial score (nSPS) is 22.5. The molecule has 0 amide bonds. The molecule has 0 aromatic heterocycles. The summed E-state index contributed by atoms with van der Waals surface area (Å²) in [5, 5.41) is 11.7. The first-order valence-corrected chi connectivity index (χ1v) is 3.06. The van der Waals surface area contributed by atoms with Gasteiger partial charge in [0.05, 0.1) is 5.57 Å². The van der Waals surface area contributed by atoms with E-state index in [1.54, 1.807) is 0 Å². The van der Waals surface area contributed by atoms with Crippen LogP contribution in [0, 0.1) is 0 Å². The second kappa shape index (κ2) is 2.22. The highest BCUT2D eigenvalue weighted by Gasteiger charge is 2.49. The fourth-order valence-electron chi connectivity index (χ4n) is 0.839. The Bertz CT molecular complexity index is 183. The molecule has 0 spiro atoms. The van der Waals surface area contributed by atoms with Crippen molar-refractivity contribution in [2.24, 2.45) is 0 Å². The van der Waals surface area contributed by atoms with Crippen molar-refractivity contribution in [1.82, 2.24) is 5.32 Å². The molecular formula is C6H8F3NO. The van der Waals surface area contributed by atoms with Crippen LogP contribution in [0.4, 0.5) is 13.2 Å². The van der Waals surface area contributed by atoms with Gasteiger partial charge >= 0.3 is 6.18 Å². The van der Waals surface area contributed by atoms with Gasteiger partial charge in [-0.05, 0) is 0 Å². The Balaban J connectivity index is 2.68. The van der Waals surface area contributed by atoms with Gasteiger partial charge in [-0.1, -0.05) is 6.58 Å². The number of nitrogens with one attached hydrogen (secondary N) is 1. The van der Waals surface area contributed by atoms with E-state index in [9.17, 15) is 13.2 Å². The van der Waals surface area contributed by atoms with Crippen molar-refractivity contribution in [3.8, 4) is 0 Å². The molecule has 1 aliphatic heterocycles. The third-order valence-corrected chi connectivity index (χ3v) is 1.74. The van der Waals surface area contributed by atoms with Crippen molar-refractivity contribution in [2.75, 3.05) is 13.1 Å². The van der Waals surface area contributed by atoms with E-state index in [0.29, 0.717) is 0 Å². The molecule has 64 valence electrons. The average Bonchev–Trinajstić information content (AvgIpc) is 1.79. The number of rotatable bonds is 1. The summed E-state index contributed by atoms with van der Waals surface area (Å²) in [6, 6.07) is 0. The first kappa shape index (κ1) is 8.55. The minimum atomic E-state index is -4.49. The molecule has 1 saturated heterocycles. The molecule has 0 unspecified atom stereocenters. The molecule has 2 N–H and O–H groups in total. The van der Waals surface area contributed by atoms with Gasteiger partial charge in [-0.3, -0.25) is 0 Å². The molecule has 0 saturated carbocycles. The molecule has 1 fully saturated rings. The molecule has 0 aromatic carbocycles. The fraction of sp³-hybridized carbons (Fsp3) is 0.667. The van der Waals surface area contributed by atoms with E-state index in [2.05, 4.69) is 11.9 Å². The lowest BCUT2D eigenvalue weighted by Gasteiger charge is -2.39. The number of hydrogen-bond acceptors (Lipinski definition) is 2. The summed E-state index contributed by atoms with van der Waals surface area (Å²) in [5.74, 6) is 0. The van der Waals surface area contributed by atoms with Gasteiger partial charge in [0.1, 0.15) is 5.60 Å². The lowest BCUT2D eigenvalue weighted by atomic mass is 9.88. The third kappa shape index (κ3) is 1.39. The topological polar surface area (TPSA) is 32.3 Å². The maximum absolute atomic E-state index is 11.9. The second-order valence-corrected chi connectivity index (χ2v) is 2.61. The first-order valence-electron chi connectivity index (χ1n) is 3.06. The molecule has 1 heterocycles. The van der Waals surface area contributed by atoms with Gasteiger partial charge in [0.2, 0.25) is 0 Å². The van der Waals surface area contributed by atoms with Crippen molar-refractivity contribution in [2.45, 2.75) is 11.8 Å². The molecule has 11 heavy (non-hydrogen) atoms. The minimum absolute atomic E-state index is 0.0641. The molecule has 0 radical (unpaired) electrons. The number of aliphatic hydroxyl groups is 1. The lowest BCUT2D eigenvalue weighted by Crippen LogP contribution is -2.62. The summed E-state index contributed by atoms with van der Waals surface area (Å²) in [6.07, 6.45) is -4.49. The lowest BCUT2D eigenvalue weighted by molar-refractivity contribution is -0.128. The average molecular weight is 167 g/mol. The highest BCUT2D eigenvalue weighted by Crippen LogP contribution is 2.34. The van der Waals surface area contributed by atoms with Crippen LogP contribution in [0.25, 0.3) is 0 Å². The predicted molar refractivity (Wildman–Crippen MR) is 33.0 cm³/mol. The Labute approximate surface area is 61.7 Å². The van der Waals surface area contributed by atoms with Crippen molar-refractivity contribution in [1.29, 1.82) is 0 Å². The van der Waals surface area contributed by atoms with E-state index in [1.165, 1.54) is 0 Å². The van der Waals surface area contributed by atoms with Crippen LogP contribution in [0.5, 0.6) is 0 Å². The molecule has 5 heteroatoms. The van der Waals surface area contributed by atoms with E-state index in [1.807, 2.05) is 0 Å². The van der Waals surface area contributed by atoms with Crippen molar-refractivity contribution >= 4 is 0 Å². The molecular weight excluding hydrogens is 159 g/mol. The van der Waals surface area contributed by atoms with Crippen LogP contribution >= 0.6 is 0 Å². The zero-order valence-corrected chi connectivity index (χ0v) is 5.70. The SMILES string of the molecule is C=C(C(F)(F)F)C1(O)CNC1. The van der Waals surface area contributed by atoms with E-state index < -0.39 is 17.4 Å². The number of hydrogen-bond donors (Lipinski definition) is 2. The first-order chi connectivity index (χ1) is 4.86. The number of halogens is 3. The summed E-state index contributed by atoms with van der Waals surface area (Å²) in [7, 11) is 0. The van der Waals surface area contributed by atoms with Gasteiger partial charge in [-0.15, -0.1) is 0 Å². The molecule has 1 aliphatic rings.